The van der Waals surface area contributed by atoms with Crippen molar-refractivity contribution in [1.29, 1.82) is 0 Å². The SMILES string of the molecule is NCc1nc(CC(=O)Nc2ccccc2)cs1. The van der Waals surface area contributed by atoms with E-state index < -0.39 is 0 Å². The summed E-state index contributed by atoms with van der Waals surface area (Å²) >= 11 is 1.48. The van der Waals surface area contributed by atoms with Gasteiger partial charge in [-0.1, -0.05) is 18.2 Å². The molecule has 0 saturated carbocycles. The zero-order valence-corrected chi connectivity index (χ0v) is 10.0. The van der Waals surface area contributed by atoms with Crippen LogP contribution in [0.2, 0.25) is 0 Å². The van der Waals surface area contributed by atoms with Gasteiger partial charge in [-0.05, 0) is 12.1 Å². The molecule has 1 aromatic heterocycles. The first kappa shape index (κ1) is 11.8. The molecule has 88 valence electrons. The quantitative estimate of drug-likeness (QED) is 0.865. The van der Waals surface area contributed by atoms with Crippen molar-refractivity contribution in [2.24, 2.45) is 5.73 Å². The van der Waals surface area contributed by atoms with E-state index in [0.717, 1.165) is 16.4 Å². The number of carbonyl (C=O) groups excluding carboxylic acids is 1. The first-order valence-electron chi connectivity index (χ1n) is 5.26. The van der Waals surface area contributed by atoms with Gasteiger partial charge in [-0.2, -0.15) is 0 Å². The van der Waals surface area contributed by atoms with Gasteiger partial charge in [-0.15, -0.1) is 11.3 Å². The maximum absolute atomic E-state index is 11.7. The Kier molecular flexibility index (Phi) is 3.85. The summed E-state index contributed by atoms with van der Waals surface area (Å²) in [6, 6.07) is 9.37. The van der Waals surface area contributed by atoms with E-state index in [2.05, 4.69) is 10.3 Å². The highest BCUT2D eigenvalue weighted by Crippen LogP contribution is 2.11. The van der Waals surface area contributed by atoms with Gasteiger partial charge in [0.15, 0.2) is 0 Å². The van der Waals surface area contributed by atoms with E-state index in [0.29, 0.717) is 6.54 Å². The standard InChI is InChI=1S/C12H13N3OS/c13-7-12-15-10(8-17-12)6-11(16)14-9-4-2-1-3-5-9/h1-5,8H,6-7,13H2,(H,14,16). The molecular weight excluding hydrogens is 234 g/mol. The number of rotatable bonds is 4. The molecule has 0 aliphatic heterocycles. The average Bonchev–Trinajstić information content (AvgIpc) is 2.78. The number of hydrogen-bond donors (Lipinski definition) is 2. The van der Waals surface area contributed by atoms with Crippen molar-refractivity contribution < 1.29 is 4.79 Å². The van der Waals surface area contributed by atoms with E-state index in [1.165, 1.54) is 11.3 Å². The summed E-state index contributed by atoms with van der Waals surface area (Å²) in [7, 11) is 0. The molecule has 0 saturated heterocycles. The van der Waals surface area contributed by atoms with Crippen LogP contribution in [0.5, 0.6) is 0 Å². The van der Waals surface area contributed by atoms with E-state index in [4.69, 9.17) is 5.73 Å². The minimum absolute atomic E-state index is 0.0647. The summed E-state index contributed by atoms with van der Waals surface area (Å²) in [5, 5.41) is 5.53. The van der Waals surface area contributed by atoms with E-state index in [1.54, 1.807) is 0 Å². The molecule has 0 spiro atoms. The molecular formula is C12H13N3OS. The third kappa shape index (κ3) is 3.37. The first-order chi connectivity index (χ1) is 8.28. The number of para-hydroxylation sites is 1. The Labute approximate surface area is 103 Å². The molecule has 1 amide bonds. The molecule has 17 heavy (non-hydrogen) atoms. The van der Waals surface area contributed by atoms with Gasteiger partial charge in [0.25, 0.3) is 0 Å². The molecule has 0 fully saturated rings. The molecule has 2 rings (SSSR count). The number of anilines is 1. The second kappa shape index (κ2) is 5.56. The molecule has 0 aliphatic rings. The van der Waals surface area contributed by atoms with Gasteiger partial charge in [0.05, 0.1) is 12.1 Å². The van der Waals surface area contributed by atoms with Crippen LogP contribution in [0.1, 0.15) is 10.7 Å². The highest BCUT2D eigenvalue weighted by atomic mass is 32.1. The summed E-state index contributed by atoms with van der Waals surface area (Å²) < 4.78 is 0. The van der Waals surface area contributed by atoms with Crippen LogP contribution >= 0.6 is 11.3 Å². The van der Waals surface area contributed by atoms with Crippen LogP contribution in [-0.2, 0) is 17.8 Å². The maximum atomic E-state index is 11.7. The van der Waals surface area contributed by atoms with Crippen LogP contribution < -0.4 is 11.1 Å². The number of hydrogen-bond acceptors (Lipinski definition) is 4. The fraction of sp³-hybridized carbons (Fsp3) is 0.167. The van der Waals surface area contributed by atoms with Gasteiger partial charge < -0.3 is 11.1 Å². The van der Waals surface area contributed by atoms with Crippen LogP contribution in [0.25, 0.3) is 0 Å². The smallest absolute Gasteiger partial charge is 0.230 e. The van der Waals surface area contributed by atoms with Crippen LogP contribution in [-0.4, -0.2) is 10.9 Å². The van der Waals surface area contributed by atoms with Crippen LogP contribution in [0.3, 0.4) is 0 Å². The van der Waals surface area contributed by atoms with Gasteiger partial charge in [-0.25, -0.2) is 4.98 Å². The number of aromatic nitrogens is 1. The Morgan fingerprint density at radius 1 is 1.35 bits per heavy atom. The Morgan fingerprint density at radius 3 is 2.76 bits per heavy atom. The Hall–Kier alpha value is -1.72. The number of benzene rings is 1. The Bertz CT molecular complexity index is 495. The topological polar surface area (TPSA) is 68.0 Å². The number of amides is 1. The fourth-order valence-corrected chi connectivity index (χ4v) is 2.09. The summed E-state index contributed by atoms with van der Waals surface area (Å²) in [5.41, 5.74) is 7.03. The molecule has 1 aromatic carbocycles. The van der Waals surface area contributed by atoms with Crippen molar-refractivity contribution >= 4 is 22.9 Å². The lowest BCUT2D eigenvalue weighted by molar-refractivity contribution is -0.115. The zero-order chi connectivity index (χ0) is 12.1. The minimum Gasteiger partial charge on any atom is -0.326 e. The molecule has 4 nitrogen and oxygen atoms in total. The van der Waals surface area contributed by atoms with E-state index in [9.17, 15) is 4.79 Å². The Balaban J connectivity index is 1.93. The predicted octanol–water partition coefficient (Wildman–Crippen LogP) is 1.78. The molecule has 0 radical (unpaired) electrons. The lowest BCUT2D eigenvalue weighted by Crippen LogP contribution is -2.14. The van der Waals surface area contributed by atoms with Crippen molar-refractivity contribution in [1.82, 2.24) is 4.98 Å². The molecule has 0 bridgehead atoms. The van der Waals surface area contributed by atoms with Crippen molar-refractivity contribution in [3.8, 4) is 0 Å². The van der Waals surface area contributed by atoms with E-state index in [1.807, 2.05) is 35.7 Å². The first-order valence-corrected chi connectivity index (χ1v) is 6.14. The largest absolute Gasteiger partial charge is 0.326 e. The summed E-state index contributed by atoms with van der Waals surface area (Å²) in [4.78, 5) is 15.9. The summed E-state index contributed by atoms with van der Waals surface area (Å²) in [5.74, 6) is -0.0647. The fourth-order valence-electron chi connectivity index (χ4n) is 1.42. The predicted molar refractivity (Wildman–Crippen MR) is 68.8 cm³/mol. The van der Waals surface area contributed by atoms with Gasteiger partial charge in [0.1, 0.15) is 5.01 Å². The van der Waals surface area contributed by atoms with Gasteiger partial charge in [0.2, 0.25) is 5.91 Å². The maximum Gasteiger partial charge on any atom is 0.230 e. The molecule has 0 atom stereocenters. The van der Waals surface area contributed by atoms with Crippen LogP contribution in [0, 0.1) is 0 Å². The number of nitrogens with one attached hydrogen (secondary N) is 1. The molecule has 3 N–H and O–H groups in total. The third-order valence-corrected chi connectivity index (χ3v) is 3.09. The van der Waals surface area contributed by atoms with Crippen LogP contribution in [0.4, 0.5) is 5.69 Å². The van der Waals surface area contributed by atoms with Crippen molar-refractivity contribution in [2.45, 2.75) is 13.0 Å². The van der Waals surface area contributed by atoms with Gasteiger partial charge in [-0.3, -0.25) is 4.79 Å². The molecule has 1 heterocycles. The highest BCUT2D eigenvalue weighted by molar-refractivity contribution is 7.09. The zero-order valence-electron chi connectivity index (χ0n) is 9.22. The lowest BCUT2D eigenvalue weighted by Gasteiger charge is -2.02. The number of nitrogens with two attached hydrogens (primary N) is 1. The van der Waals surface area contributed by atoms with Crippen molar-refractivity contribution in [3.05, 3.63) is 46.4 Å². The van der Waals surface area contributed by atoms with Gasteiger partial charge in [0, 0.05) is 17.6 Å². The second-order valence-corrected chi connectivity index (χ2v) is 4.47. The Morgan fingerprint density at radius 2 is 2.12 bits per heavy atom. The second-order valence-electron chi connectivity index (χ2n) is 3.53. The van der Waals surface area contributed by atoms with Crippen LogP contribution in [0.15, 0.2) is 35.7 Å². The average molecular weight is 247 g/mol. The number of nitrogens with zero attached hydrogens (tertiary/aromatic N) is 1. The number of thiazole rings is 1. The molecule has 2 aromatic rings. The molecule has 0 unspecified atom stereocenters. The van der Waals surface area contributed by atoms with Gasteiger partial charge >= 0.3 is 0 Å². The third-order valence-electron chi connectivity index (χ3n) is 2.17. The number of carbonyl (C=O) groups is 1. The van der Waals surface area contributed by atoms with Crippen molar-refractivity contribution in [2.75, 3.05) is 5.32 Å². The van der Waals surface area contributed by atoms with E-state index in [-0.39, 0.29) is 12.3 Å². The van der Waals surface area contributed by atoms with Crippen molar-refractivity contribution in [3.63, 3.8) is 0 Å². The monoisotopic (exact) mass is 247 g/mol. The van der Waals surface area contributed by atoms with E-state index >= 15 is 0 Å². The minimum atomic E-state index is -0.0647. The normalized spacial score (nSPS) is 10.2. The lowest BCUT2D eigenvalue weighted by atomic mass is 10.3. The molecule has 5 heteroatoms. The summed E-state index contributed by atoms with van der Waals surface area (Å²) in [6.07, 6.45) is 0.283. The summed E-state index contributed by atoms with van der Waals surface area (Å²) in [6.45, 7) is 0.422. The molecule has 0 aliphatic carbocycles. The highest BCUT2D eigenvalue weighted by Gasteiger charge is 2.07.